The lowest BCUT2D eigenvalue weighted by Crippen LogP contribution is -2.20. The highest BCUT2D eigenvalue weighted by molar-refractivity contribution is 6.42. The zero-order valence-corrected chi connectivity index (χ0v) is 13.3. The molecule has 4 nitrogen and oxygen atoms in total. The molecule has 0 saturated heterocycles. The standard InChI is InChI=1S/C14H18Cl2N4/c1-4-13-18-19-14(20(13)3)8-17-9(2)10-5-6-11(15)12(16)7-10/h5-7,9,17H,4,8H2,1-3H3/t9-/m1/s1. The van der Waals surface area contributed by atoms with Crippen LogP contribution in [-0.4, -0.2) is 14.8 Å². The minimum Gasteiger partial charge on any atom is -0.317 e. The number of rotatable bonds is 5. The first kappa shape index (κ1) is 15.3. The number of aryl methyl sites for hydroxylation is 1. The van der Waals surface area contributed by atoms with Gasteiger partial charge in [-0.1, -0.05) is 36.2 Å². The number of hydrogen-bond donors (Lipinski definition) is 1. The number of halogens is 2. The third kappa shape index (κ3) is 3.32. The van der Waals surface area contributed by atoms with Crippen LogP contribution in [0.5, 0.6) is 0 Å². The second-order valence-electron chi connectivity index (χ2n) is 4.72. The van der Waals surface area contributed by atoms with Crippen LogP contribution in [0.25, 0.3) is 0 Å². The first-order valence-electron chi connectivity index (χ1n) is 6.58. The van der Waals surface area contributed by atoms with Gasteiger partial charge in [0.1, 0.15) is 11.6 Å². The van der Waals surface area contributed by atoms with Crippen molar-refractivity contribution in [1.82, 2.24) is 20.1 Å². The smallest absolute Gasteiger partial charge is 0.146 e. The summed E-state index contributed by atoms with van der Waals surface area (Å²) < 4.78 is 2.02. The summed E-state index contributed by atoms with van der Waals surface area (Å²) >= 11 is 12.0. The quantitative estimate of drug-likeness (QED) is 0.918. The molecule has 0 aliphatic heterocycles. The molecule has 0 fully saturated rings. The van der Waals surface area contributed by atoms with E-state index in [0.717, 1.165) is 23.6 Å². The number of nitrogens with zero attached hydrogens (tertiary/aromatic N) is 3. The monoisotopic (exact) mass is 312 g/mol. The number of benzene rings is 1. The first-order valence-corrected chi connectivity index (χ1v) is 7.34. The molecule has 1 aromatic carbocycles. The Labute approximate surface area is 129 Å². The Morgan fingerprint density at radius 3 is 2.50 bits per heavy atom. The van der Waals surface area contributed by atoms with Gasteiger partial charge in [-0.15, -0.1) is 10.2 Å². The van der Waals surface area contributed by atoms with Crippen molar-refractivity contribution in [3.8, 4) is 0 Å². The van der Waals surface area contributed by atoms with E-state index in [2.05, 4.69) is 29.4 Å². The Bertz CT molecular complexity index is 595. The molecule has 0 unspecified atom stereocenters. The van der Waals surface area contributed by atoms with Crippen LogP contribution in [0.1, 0.15) is 37.1 Å². The topological polar surface area (TPSA) is 42.7 Å². The molecule has 1 aromatic heterocycles. The zero-order chi connectivity index (χ0) is 14.7. The summed E-state index contributed by atoms with van der Waals surface area (Å²) in [5, 5.41) is 12.9. The molecule has 1 atom stereocenters. The second-order valence-corrected chi connectivity index (χ2v) is 5.54. The summed E-state index contributed by atoms with van der Waals surface area (Å²) in [5.41, 5.74) is 1.09. The largest absolute Gasteiger partial charge is 0.317 e. The summed E-state index contributed by atoms with van der Waals surface area (Å²) in [4.78, 5) is 0. The van der Waals surface area contributed by atoms with E-state index in [9.17, 15) is 0 Å². The van der Waals surface area contributed by atoms with E-state index >= 15 is 0 Å². The summed E-state index contributed by atoms with van der Waals surface area (Å²) in [6.07, 6.45) is 0.881. The van der Waals surface area contributed by atoms with E-state index in [1.54, 1.807) is 0 Å². The Morgan fingerprint density at radius 2 is 1.90 bits per heavy atom. The van der Waals surface area contributed by atoms with Crippen molar-refractivity contribution in [3.05, 3.63) is 45.5 Å². The van der Waals surface area contributed by atoms with Crippen LogP contribution in [-0.2, 0) is 20.0 Å². The molecule has 0 amide bonds. The van der Waals surface area contributed by atoms with Crippen molar-refractivity contribution < 1.29 is 0 Å². The summed E-state index contributed by atoms with van der Waals surface area (Å²) in [6, 6.07) is 5.83. The average Bonchev–Trinajstić information content (AvgIpc) is 2.79. The van der Waals surface area contributed by atoms with E-state index in [4.69, 9.17) is 23.2 Å². The van der Waals surface area contributed by atoms with Gasteiger partial charge in [0.2, 0.25) is 0 Å². The maximum atomic E-state index is 6.04. The minimum absolute atomic E-state index is 0.159. The highest BCUT2D eigenvalue weighted by Gasteiger charge is 2.10. The van der Waals surface area contributed by atoms with Gasteiger partial charge < -0.3 is 9.88 Å². The highest BCUT2D eigenvalue weighted by atomic mass is 35.5. The number of nitrogens with one attached hydrogen (secondary N) is 1. The van der Waals surface area contributed by atoms with Crippen LogP contribution in [0.3, 0.4) is 0 Å². The predicted octanol–water partition coefficient (Wildman–Crippen LogP) is 3.54. The second kappa shape index (κ2) is 6.57. The minimum atomic E-state index is 0.159. The average molecular weight is 313 g/mol. The normalized spacial score (nSPS) is 12.7. The van der Waals surface area contributed by atoms with Gasteiger partial charge in [-0.05, 0) is 24.6 Å². The molecule has 0 aliphatic rings. The van der Waals surface area contributed by atoms with Gasteiger partial charge in [-0.3, -0.25) is 0 Å². The summed E-state index contributed by atoms with van der Waals surface area (Å²) in [7, 11) is 1.99. The molecule has 6 heteroatoms. The number of hydrogen-bond acceptors (Lipinski definition) is 3. The molecule has 1 heterocycles. The zero-order valence-electron chi connectivity index (χ0n) is 11.8. The molecule has 0 saturated carbocycles. The van der Waals surface area contributed by atoms with E-state index in [1.807, 2.05) is 29.8 Å². The molecule has 2 aromatic rings. The van der Waals surface area contributed by atoms with Crippen molar-refractivity contribution in [3.63, 3.8) is 0 Å². The van der Waals surface area contributed by atoms with Crippen molar-refractivity contribution >= 4 is 23.2 Å². The molecule has 1 N–H and O–H groups in total. The Balaban J connectivity index is 2.02. The molecular weight excluding hydrogens is 295 g/mol. The molecule has 0 radical (unpaired) electrons. The SMILES string of the molecule is CCc1nnc(CN[C@H](C)c2ccc(Cl)c(Cl)c2)n1C. The van der Waals surface area contributed by atoms with Crippen LogP contribution in [0, 0.1) is 0 Å². The van der Waals surface area contributed by atoms with Crippen LogP contribution >= 0.6 is 23.2 Å². The van der Waals surface area contributed by atoms with Crippen molar-refractivity contribution in [2.75, 3.05) is 0 Å². The van der Waals surface area contributed by atoms with Crippen LogP contribution in [0.2, 0.25) is 10.0 Å². The van der Waals surface area contributed by atoms with Gasteiger partial charge in [-0.2, -0.15) is 0 Å². The van der Waals surface area contributed by atoms with E-state index in [1.165, 1.54) is 0 Å². The molecule has 0 bridgehead atoms. The lowest BCUT2D eigenvalue weighted by Gasteiger charge is -2.14. The van der Waals surface area contributed by atoms with Gasteiger partial charge >= 0.3 is 0 Å². The Kier molecular flexibility index (Phi) is 5.02. The lowest BCUT2D eigenvalue weighted by atomic mass is 10.1. The van der Waals surface area contributed by atoms with Crippen LogP contribution < -0.4 is 5.32 Å². The molecule has 20 heavy (non-hydrogen) atoms. The van der Waals surface area contributed by atoms with Crippen molar-refractivity contribution in [1.29, 1.82) is 0 Å². The molecule has 2 rings (SSSR count). The third-order valence-corrected chi connectivity index (χ3v) is 4.12. The van der Waals surface area contributed by atoms with E-state index in [0.29, 0.717) is 16.6 Å². The summed E-state index contributed by atoms with van der Waals surface area (Å²) in [6.45, 7) is 4.81. The fourth-order valence-electron chi connectivity index (χ4n) is 2.00. The first-order chi connectivity index (χ1) is 9.52. The van der Waals surface area contributed by atoms with Crippen LogP contribution in [0.4, 0.5) is 0 Å². The molecular formula is C14H18Cl2N4. The van der Waals surface area contributed by atoms with Gasteiger partial charge in [0, 0.05) is 19.5 Å². The Morgan fingerprint density at radius 1 is 1.20 bits per heavy atom. The summed E-state index contributed by atoms with van der Waals surface area (Å²) in [5.74, 6) is 1.91. The lowest BCUT2D eigenvalue weighted by molar-refractivity contribution is 0.546. The van der Waals surface area contributed by atoms with E-state index < -0.39 is 0 Å². The van der Waals surface area contributed by atoms with Gasteiger partial charge in [0.25, 0.3) is 0 Å². The highest BCUT2D eigenvalue weighted by Crippen LogP contribution is 2.25. The molecule has 0 spiro atoms. The van der Waals surface area contributed by atoms with Crippen molar-refractivity contribution in [2.45, 2.75) is 32.9 Å². The Hall–Kier alpha value is -1.10. The van der Waals surface area contributed by atoms with E-state index in [-0.39, 0.29) is 6.04 Å². The van der Waals surface area contributed by atoms with Gasteiger partial charge in [-0.25, -0.2) is 0 Å². The molecule has 108 valence electrons. The van der Waals surface area contributed by atoms with Gasteiger partial charge in [0.15, 0.2) is 0 Å². The fraction of sp³-hybridized carbons (Fsp3) is 0.429. The predicted molar refractivity (Wildman–Crippen MR) is 82.1 cm³/mol. The molecule has 0 aliphatic carbocycles. The number of aromatic nitrogens is 3. The maximum Gasteiger partial charge on any atom is 0.146 e. The fourth-order valence-corrected chi connectivity index (χ4v) is 2.31. The van der Waals surface area contributed by atoms with Gasteiger partial charge in [0.05, 0.1) is 16.6 Å². The van der Waals surface area contributed by atoms with Crippen LogP contribution in [0.15, 0.2) is 18.2 Å². The third-order valence-electron chi connectivity index (χ3n) is 3.38. The van der Waals surface area contributed by atoms with Crippen molar-refractivity contribution in [2.24, 2.45) is 7.05 Å². The maximum absolute atomic E-state index is 6.04.